The maximum absolute atomic E-state index is 11.7. The SMILES string of the molecule is CCCCC(=O)NCC(O)(c1ccccc1)C1CC1. The van der Waals surface area contributed by atoms with Gasteiger partial charge in [0.05, 0.1) is 6.54 Å². The molecule has 1 unspecified atom stereocenters. The zero-order valence-electron chi connectivity index (χ0n) is 11.6. The average molecular weight is 261 g/mol. The van der Waals surface area contributed by atoms with Gasteiger partial charge < -0.3 is 10.4 Å². The quantitative estimate of drug-likeness (QED) is 0.792. The van der Waals surface area contributed by atoms with Gasteiger partial charge in [0.15, 0.2) is 0 Å². The first-order valence-corrected chi connectivity index (χ1v) is 7.21. The fourth-order valence-corrected chi connectivity index (χ4v) is 2.43. The van der Waals surface area contributed by atoms with Crippen LogP contribution in [0.3, 0.4) is 0 Å². The summed E-state index contributed by atoms with van der Waals surface area (Å²) in [5.74, 6) is 0.318. The lowest BCUT2D eigenvalue weighted by molar-refractivity contribution is -0.122. The highest BCUT2D eigenvalue weighted by Crippen LogP contribution is 2.45. The van der Waals surface area contributed by atoms with Crippen LogP contribution in [0.4, 0.5) is 0 Å². The molecule has 1 fully saturated rings. The predicted molar refractivity (Wildman–Crippen MR) is 75.6 cm³/mol. The van der Waals surface area contributed by atoms with Crippen molar-refractivity contribution in [3.8, 4) is 0 Å². The van der Waals surface area contributed by atoms with Crippen molar-refractivity contribution in [2.45, 2.75) is 44.6 Å². The summed E-state index contributed by atoms with van der Waals surface area (Å²) in [5, 5.41) is 13.8. The van der Waals surface area contributed by atoms with Gasteiger partial charge in [-0.2, -0.15) is 0 Å². The van der Waals surface area contributed by atoms with Crippen LogP contribution in [0, 0.1) is 5.92 Å². The number of hydrogen-bond donors (Lipinski definition) is 2. The molecule has 0 heterocycles. The minimum absolute atomic E-state index is 0.0388. The molecule has 104 valence electrons. The van der Waals surface area contributed by atoms with Crippen LogP contribution in [0.1, 0.15) is 44.6 Å². The summed E-state index contributed by atoms with van der Waals surface area (Å²) in [7, 11) is 0. The number of hydrogen-bond acceptors (Lipinski definition) is 2. The van der Waals surface area contributed by atoms with Gasteiger partial charge in [0.1, 0.15) is 5.60 Å². The fraction of sp³-hybridized carbons (Fsp3) is 0.562. The third kappa shape index (κ3) is 3.57. The van der Waals surface area contributed by atoms with Gasteiger partial charge in [-0.1, -0.05) is 43.7 Å². The lowest BCUT2D eigenvalue weighted by Crippen LogP contribution is -2.42. The molecular weight excluding hydrogens is 238 g/mol. The fourth-order valence-electron chi connectivity index (χ4n) is 2.43. The predicted octanol–water partition coefficient (Wildman–Crippen LogP) is 2.59. The molecule has 2 N–H and O–H groups in total. The summed E-state index contributed by atoms with van der Waals surface area (Å²) in [5.41, 5.74) is 0.0108. The number of unbranched alkanes of at least 4 members (excludes halogenated alkanes) is 1. The summed E-state index contributed by atoms with van der Waals surface area (Å²) in [6.45, 7) is 2.39. The normalized spacial score (nSPS) is 17.8. The van der Waals surface area contributed by atoms with E-state index in [-0.39, 0.29) is 11.8 Å². The van der Waals surface area contributed by atoms with Crippen LogP contribution in [0.2, 0.25) is 0 Å². The smallest absolute Gasteiger partial charge is 0.220 e. The molecule has 0 bridgehead atoms. The number of amides is 1. The van der Waals surface area contributed by atoms with E-state index in [9.17, 15) is 9.90 Å². The second-order valence-electron chi connectivity index (χ2n) is 5.44. The van der Waals surface area contributed by atoms with E-state index in [1.54, 1.807) is 0 Å². The van der Waals surface area contributed by atoms with Crippen molar-refractivity contribution in [3.05, 3.63) is 35.9 Å². The molecule has 3 nitrogen and oxygen atoms in total. The van der Waals surface area contributed by atoms with E-state index in [1.807, 2.05) is 30.3 Å². The monoisotopic (exact) mass is 261 g/mol. The second-order valence-corrected chi connectivity index (χ2v) is 5.44. The molecule has 1 aromatic carbocycles. The topological polar surface area (TPSA) is 49.3 Å². The van der Waals surface area contributed by atoms with Crippen LogP contribution in [-0.4, -0.2) is 17.6 Å². The van der Waals surface area contributed by atoms with Gasteiger partial charge in [0, 0.05) is 6.42 Å². The van der Waals surface area contributed by atoms with Gasteiger partial charge in [-0.05, 0) is 30.7 Å². The summed E-state index contributed by atoms with van der Waals surface area (Å²) in [6.07, 6.45) is 4.54. The van der Waals surface area contributed by atoms with Crippen LogP contribution in [-0.2, 0) is 10.4 Å². The second kappa shape index (κ2) is 6.20. The van der Waals surface area contributed by atoms with Crippen LogP contribution >= 0.6 is 0 Å². The Morgan fingerprint density at radius 3 is 2.63 bits per heavy atom. The maximum atomic E-state index is 11.7. The van der Waals surface area contributed by atoms with Crippen molar-refractivity contribution in [2.24, 2.45) is 5.92 Å². The number of carbonyl (C=O) groups excluding carboxylic acids is 1. The first-order chi connectivity index (χ1) is 9.16. The van der Waals surface area contributed by atoms with E-state index in [4.69, 9.17) is 0 Å². The molecule has 1 aliphatic rings. The Kier molecular flexibility index (Phi) is 4.59. The Morgan fingerprint density at radius 2 is 2.05 bits per heavy atom. The average Bonchev–Trinajstić information content (AvgIpc) is 3.28. The van der Waals surface area contributed by atoms with Gasteiger partial charge in [-0.3, -0.25) is 4.79 Å². The van der Waals surface area contributed by atoms with E-state index < -0.39 is 5.60 Å². The molecule has 0 aliphatic heterocycles. The van der Waals surface area contributed by atoms with Gasteiger partial charge >= 0.3 is 0 Å². The maximum Gasteiger partial charge on any atom is 0.220 e. The molecule has 0 radical (unpaired) electrons. The van der Waals surface area contributed by atoms with E-state index in [0.717, 1.165) is 31.2 Å². The number of aliphatic hydroxyl groups is 1. The molecule has 1 aliphatic carbocycles. The van der Waals surface area contributed by atoms with Crippen LogP contribution < -0.4 is 5.32 Å². The highest BCUT2D eigenvalue weighted by molar-refractivity contribution is 5.75. The molecule has 2 rings (SSSR count). The number of benzene rings is 1. The van der Waals surface area contributed by atoms with Crippen LogP contribution in [0.15, 0.2) is 30.3 Å². The van der Waals surface area contributed by atoms with Gasteiger partial charge in [0.25, 0.3) is 0 Å². The Hall–Kier alpha value is -1.35. The number of carbonyl (C=O) groups is 1. The Labute approximate surface area is 115 Å². The van der Waals surface area contributed by atoms with Crippen LogP contribution in [0.25, 0.3) is 0 Å². The molecular formula is C16H23NO2. The minimum atomic E-state index is -0.900. The van der Waals surface area contributed by atoms with E-state index in [0.29, 0.717) is 13.0 Å². The summed E-state index contributed by atoms with van der Waals surface area (Å²) in [6, 6.07) is 9.69. The highest BCUT2D eigenvalue weighted by atomic mass is 16.3. The van der Waals surface area contributed by atoms with Crippen molar-refractivity contribution in [1.29, 1.82) is 0 Å². The molecule has 1 amide bonds. The zero-order valence-corrected chi connectivity index (χ0v) is 11.6. The Bertz CT molecular complexity index is 414. The third-order valence-electron chi connectivity index (χ3n) is 3.84. The van der Waals surface area contributed by atoms with Gasteiger partial charge in [-0.15, -0.1) is 0 Å². The largest absolute Gasteiger partial charge is 0.383 e. The van der Waals surface area contributed by atoms with Gasteiger partial charge in [-0.25, -0.2) is 0 Å². The molecule has 0 spiro atoms. The van der Waals surface area contributed by atoms with Crippen molar-refractivity contribution < 1.29 is 9.90 Å². The standard InChI is InChI=1S/C16H23NO2/c1-2-3-9-15(18)17-12-16(19,14-10-11-14)13-7-5-4-6-8-13/h4-8,14,19H,2-3,9-12H2,1H3,(H,17,18). The lowest BCUT2D eigenvalue weighted by atomic mass is 9.88. The first-order valence-electron chi connectivity index (χ1n) is 7.21. The summed E-state index contributed by atoms with van der Waals surface area (Å²) in [4.78, 5) is 11.7. The van der Waals surface area contributed by atoms with Crippen molar-refractivity contribution >= 4 is 5.91 Å². The third-order valence-corrected chi connectivity index (χ3v) is 3.84. The number of rotatable bonds is 7. The first kappa shape index (κ1) is 14.1. The zero-order chi connectivity index (χ0) is 13.7. The molecule has 3 heteroatoms. The molecule has 1 saturated carbocycles. The highest BCUT2D eigenvalue weighted by Gasteiger charge is 2.45. The molecule has 1 aromatic rings. The van der Waals surface area contributed by atoms with E-state index in [2.05, 4.69) is 12.2 Å². The molecule has 1 atom stereocenters. The summed E-state index contributed by atoms with van der Waals surface area (Å²) >= 11 is 0. The molecule has 0 aromatic heterocycles. The lowest BCUT2D eigenvalue weighted by Gasteiger charge is -2.29. The van der Waals surface area contributed by atoms with Crippen molar-refractivity contribution in [2.75, 3.05) is 6.54 Å². The van der Waals surface area contributed by atoms with Crippen LogP contribution in [0.5, 0.6) is 0 Å². The molecule has 0 saturated heterocycles. The van der Waals surface area contributed by atoms with E-state index in [1.165, 1.54) is 0 Å². The Balaban J connectivity index is 1.99. The Morgan fingerprint density at radius 1 is 1.37 bits per heavy atom. The number of nitrogens with one attached hydrogen (secondary N) is 1. The van der Waals surface area contributed by atoms with Crippen molar-refractivity contribution in [3.63, 3.8) is 0 Å². The summed E-state index contributed by atoms with van der Waals surface area (Å²) < 4.78 is 0. The van der Waals surface area contributed by atoms with E-state index >= 15 is 0 Å². The minimum Gasteiger partial charge on any atom is -0.383 e. The van der Waals surface area contributed by atoms with Crippen molar-refractivity contribution in [1.82, 2.24) is 5.32 Å². The van der Waals surface area contributed by atoms with Gasteiger partial charge in [0.2, 0.25) is 5.91 Å². The molecule has 19 heavy (non-hydrogen) atoms.